The van der Waals surface area contributed by atoms with E-state index in [2.05, 4.69) is 21.2 Å². The summed E-state index contributed by atoms with van der Waals surface area (Å²) in [5.74, 6) is -0.257. The number of nitrogens with one attached hydrogen (secondary N) is 1. The fourth-order valence-corrected chi connectivity index (χ4v) is 1.67. The molecule has 0 bridgehead atoms. The average molecular weight is 287 g/mol. The van der Waals surface area contributed by atoms with Gasteiger partial charge in [-0.05, 0) is 32.0 Å². The Kier molecular flexibility index (Phi) is 3.93. The molecule has 88 valence electrons. The molecule has 1 aromatic carbocycles. The zero-order valence-corrected chi connectivity index (χ0v) is 10.8. The SMILES string of the molecule is CC(C)(CO)NC(=O)c1cc(N)cc(Br)c1. The van der Waals surface area contributed by atoms with Crippen LogP contribution in [0.4, 0.5) is 5.69 Å². The summed E-state index contributed by atoms with van der Waals surface area (Å²) in [4.78, 5) is 11.8. The summed E-state index contributed by atoms with van der Waals surface area (Å²) in [5, 5.41) is 11.8. The second kappa shape index (κ2) is 4.84. The second-order valence-electron chi connectivity index (χ2n) is 4.27. The maximum Gasteiger partial charge on any atom is 0.251 e. The molecular weight excluding hydrogens is 272 g/mol. The molecule has 5 heteroatoms. The summed E-state index contributed by atoms with van der Waals surface area (Å²) in [6.07, 6.45) is 0. The van der Waals surface area contributed by atoms with E-state index in [1.54, 1.807) is 32.0 Å². The van der Waals surface area contributed by atoms with Gasteiger partial charge in [0, 0.05) is 15.7 Å². The predicted molar refractivity (Wildman–Crippen MR) is 67.2 cm³/mol. The van der Waals surface area contributed by atoms with Crippen LogP contribution in [-0.2, 0) is 0 Å². The number of nitrogens with two attached hydrogens (primary N) is 1. The lowest BCUT2D eigenvalue weighted by Crippen LogP contribution is -2.46. The molecular formula is C11H15BrN2O2. The molecule has 0 atom stereocenters. The van der Waals surface area contributed by atoms with Gasteiger partial charge >= 0.3 is 0 Å². The smallest absolute Gasteiger partial charge is 0.251 e. The van der Waals surface area contributed by atoms with Crippen molar-refractivity contribution < 1.29 is 9.90 Å². The molecule has 0 aromatic heterocycles. The first kappa shape index (κ1) is 13.0. The van der Waals surface area contributed by atoms with Crippen LogP contribution in [0.3, 0.4) is 0 Å². The van der Waals surface area contributed by atoms with E-state index >= 15 is 0 Å². The molecule has 0 radical (unpaired) electrons. The number of aliphatic hydroxyl groups is 1. The van der Waals surface area contributed by atoms with E-state index in [9.17, 15) is 4.79 Å². The first-order valence-corrected chi connectivity index (χ1v) is 5.63. The van der Waals surface area contributed by atoms with Crippen LogP contribution in [0.1, 0.15) is 24.2 Å². The Balaban J connectivity index is 2.89. The van der Waals surface area contributed by atoms with Crippen molar-refractivity contribution in [2.75, 3.05) is 12.3 Å². The van der Waals surface area contributed by atoms with Crippen LogP contribution in [-0.4, -0.2) is 23.2 Å². The van der Waals surface area contributed by atoms with Crippen molar-refractivity contribution in [3.63, 3.8) is 0 Å². The van der Waals surface area contributed by atoms with Crippen LogP contribution in [0.2, 0.25) is 0 Å². The van der Waals surface area contributed by atoms with Gasteiger partial charge in [-0.3, -0.25) is 4.79 Å². The summed E-state index contributed by atoms with van der Waals surface area (Å²) < 4.78 is 0.749. The topological polar surface area (TPSA) is 75.3 Å². The molecule has 0 unspecified atom stereocenters. The fourth-order valence-electron chi connectivity index (χ4n) is 1.16. The van der Waals surface area contributed by atoms with E-state index in [-0.39, 0.29) is 12.5 Å². The molecule has 4 N–H and O–H groups in total. The molecule has 1 rings (SSSR count). The van der Waals surface area contributed by atoms with Crippen LogP contribution in [0.5, 0.6) is 0 Å². The Labute approximate surface area is 103 Å². The van der Waals surface area contributed by atoms with Crippen LogP contribution >= 0.6 is 15.9 Å². The quantitative estimate of drug-likeness (QED) is 0.738. The molecule has 0 aliphatic rings. The highest BCUT2D eigenvalue weighted by molar-refractivity contribution is 9.10. The van der Waals surface area contributed by atoms with Gasteiger partial charge in [-0.2, -0.15) is 0 Å². The Morgan fingerprint density at radius 1 is 1.50 bits per heavy atom. The van der Waals surface area contributed by atoms with E-state index in [1.165, 1.54) is 0 Å². The number of nitrogen functional groups attached to an aromatic ring is 1. The van der Waals surface area contributed by atoms with Crippen LogP contribution in [0.15, 0.2) is 22.7 Å². The summed E-state index contributed by atoms with van der Waals surface area (Å²) in [6, 6.07) is 4.99. The van der Waals surface area contributed by atoms with Gasteiger partial charge in [0.2, 0.25) is 0 Å². The minimum absolute atomic E-state index is 0.123. The maximum absolute atomic E-state index is 11.8. The number of rotatable bonds is 3. The molecule has 0 saturated heterocycles. The highest BCUT2D eigenvalue weighted by Crippen LogP contribution is 2.17. The zero-order chi connectivity index (χ0) is 12.3. The predicted octanol–water partition coefficient (Wildman–Crippen LogP) is 1.53. The third kappa shape index (κ3) is 3.50. The first-order valence-electron chi connectivity index (χ1n) is 4.83. The summed E-state index contributed by atoms with van der Waals surface area (Å²) >= 11 is 3.27. The molecule has 0 aliphatic heterocycles. The number of aliphatic hydroxyl groups excluding tert-OH is 1. The van der Waals surface area contributed by atoms with E-state index in [0.29, 0.717) is 11.3 Å². The van der Waals surface area contributed by atoms with Gasteiger partial charge in [-0.1, -0.05) is 15.9 Å². The number of hydrogen-bond donors (Lipinski definition) is 3. The first-order chi connectivity index (χ1) is 7.34. The maximum atomic E-state index is 11.8. The van der Waals surface area contributed by atoms with Crippen molar-refractivity contribution in [1.82, 2.24) is 5.32 Å². The molecule has 0 heterocycles. The monoisotopic (exact) mass is 286 g/mol. The number of amides is 1. The molecule has 4 nitrogen and oxygen atoms in total. The van der Waals surface area contributed by atoms with Crippen molar-refractivity contribution in [1.29, 1.82) is 0 Å². The fraction of sp³-hybridized carbons (Fsp3) is 0.364. The molecule has 0 fully saturated rings. The molecule has 1 aromatic rings. The molecule has 0 aliphatic carbocycles. The minimum atomic E-state index is -0.645. The largest absolute Gasteiger partial charge is 0.399 e. The van der Waals surface area contributed by atoms with Gasteiger partial charge < -0.3 is 16.2 Å². The normalized spacial score (nSPS) is 11.2. The molecule has 1 amide bonds. The molecule has 0 saturated carbocycles. The van der Waals surface area contributed by atoms with E-state index < -0.39 is 5.54 Å². The number of halogens is 1. The number of carbonyl (C=O) groups is 1. The lowest BCUT2D eigenvalue weighted by Gasteiger charge is -2.23. The van der Waals surface area contributed by atoms with Crippen molar-refractivity contribution >= 4 is 27.5 Å². The summed E-state index contributed by atoms with van der Waals surface area (Å²) in [5.41, 5.74) is 5.97. The third-order valence-electron chi connectivity index (χ3n) is 2.03. The van der Waals surface area contributed by atoms with Gasteiger partial charge in [-0.15, -0.1) is 0 Å². The van der Waals surface area contributed by atoms with Gasteiger partial charge in [0.25, 0.3) is 5.91 Å². The van der Waals surface area contributed by atoms with Gasteiger partial charge in [-0.25, -0.2) is 0 Å². The average Bonchev–Trinajstić information content (AvgIpc) is 2.15. The second-order valence-corrected chi connectivity index (χ2v) is 5.19. The van der Waals surface area contributed by atoms with Gasteiger partial charge in [0.05, 0.1) is 12.1 Å². The number of anilines is 1. The lowest BCUT2D eigenvalue weighted by atomic mass is 10.1. The Morgan fingerprint density at radius 2 is 2.12 bits per heavy atom. The van der Waals surface area contributed by atoms with Crippen molar-refractivity contribution in [2.24, 2.45) is 0 Å². The highest BCUT2D eigenvalue weighted by atomic mass is 79.9. The zero-order valence-electron chi connectivity index (χ0n) is 9.25. The molecule has 0 spiro atoms. The Morgan fingerprint density at radius 3 is 2.62 bits per heavy atom. The lowest BCUT2D eigenvalue weighted by molar-refractivity contribution is 0.0869. The summed E-state index contributed by atoms with van der Waals surface area (Å²) in [6.45, 7) is 3.36. The minimum Gasteiger partial charge on any atom is -0.399 e. The standard InChI is InChI=1S/C11H15BrN2O2/c1-11(2,6-15)14-10(16)7-3-8(12)5-9(13)4-7/h3-5,15H,6,13H2,1-2H3,(H,14,16). The number of hydrogen-bond acceptors (Lipinski definition) is 3. The van der Waals surface area contributed by atoms with Crippen LogP contribution in [0.25, 0.3) is 0 Å². The van der Waals surface area contributed by atoms with E-state index in [1.807, 2.05) is 0 Å². The number of benzene rings is 1. The van der Waals surface area contributed by atoms with Gasteiger partial charge in [0.15, 0.2) is 0 Å². The third-order valence-corrected chi connectivity index (χ3v) is 2.49. The van der Waals surface area contributed by atoms with Crippen LogP contribution < -0.4 is 11.1 Å². The number of carbonyl (C=O) groups excluding carboxylic acids is 1. The van der Waals surface area contributed by atoms with E-state index in [4.69, 9.17) is 10.8 Å². The Bertz CT molecular complexity index is 385. The Hall–Kier alpha value is -1.07. The molecule has 16 heavy (non-hydrogen) atoms. The van der Waals surface area contributed by atoms with Crippen molar-refractivity contribution in [3.8, 4) is 0 Å². The highest BCUT2D eigenvalue weighted by Gasteiger charge is 2.20. The van der Waals surface area contributed by atoms with E-state index in [0.717, 1.165) is 4.47 Å². The van der Waals surface area contributed by atoms with Crippen molar-refractivity contribution in [2.45, 2.75) is 19.4 Å². The summed E-state index contributed by atoms with van der Waals surface area (Å²) in [7, 11) is 0. The van der Waals surface area contributed by atoms with Crippen molar-refractivity contribution in [3.05, 3.63) is 28.2 Å². The van der Waals surface area contributed by atoms with Gasteiger partial charge in [0.1, 0.15) is 0 Å². The van der Waals surface area contributed by atoms with Crippen LogP contribution in [0, 0.1) is 0 Å².